The number of likely N-dealkylation sites (tertiary alicyclic amines) is 1. The average molecular weight is 390 g/mol. The summed E-state index contributed by atoms with van der Waals surface area (Å²) in [6.07, 6.45) is 2.29. The maximum Gasteiger partial charge on any atom is 0.326 e. The summed E-state index contributed by atoms with van der Waals surface area (Å²) >= 11 is 0. The molecule has 7 nitrogen and oxygen atoms in total. The molecule has 1 heterocycles. The Bertz CT molecular complexity index is 689. The molecule has 3 atom stereocenters. The molecule has 0 spiro atoms. The van der Waals surface area contributed by atoms with Gasteiger partial charge in [-0.3, -0.25) is 14.9 Å². The van der Waals surface area contributed by atoms with Gasteiger partial charge in [0.15, 0.2) is 0 Å². The highest BCUT2D eigenvalue weighted by atomic mass is 16.5. The van der Waals surface area contributed by atoms with Gasteiger partial charge in [-0.1, -0.05) is 29.8 Å². The summed E-state index contributed by atoms with van der Waals surface area (Å²) in [4.78, 5) is 37.8. The largest absolute Gasteiger partial charge is 0.480 e. The van der Waals surface area contributed by atoms with Crippen LogP contribution in [-0.2, 0) is 25.5 Å². The van der Waals surface area contributed by atoms with Gasteiger partial charge in [-0.25, -0.2) is 4.79 Å². The van der Waals surface area contributed by atoms with E-state index in [1.807, 2.05) is 31.2 Å². The number of benzene rings is 1. The van der Waals surface area contributed by atoms with Crippen LogP contribution in [0, 0.1) is 6.92 Å². The molecule has 1 saturated heterocycles. The second-order valence-electron chi connectivity index (χ2n) is 7.25. The van der Waals surface area contributed by atoms with Crippen LogP contribution in [0.4, 0.5) is 0 Å². The lowest BCUT2D eigenvalue weighted by atomic mass is 10.0. The van der Waals surface area contributed by atoms with Gasteiger partial charge in [0.1, 0.15) is 12.1 Å². The average Bonchev–Trinajstić information content (AvgIpc) is 3.15. The molecule has 154 valence electrons. The number of rotatable bonds is 9. The number of carboxylic acid groups (broad SMARTS) is 1. The fourth-order valence-electron chi connectivity index (χ4n) is 3.49. The maximum atomic E-state index is 12.7. The van der Waals surface area contributed by atoms with Gasteiger partial charge in [-0.2, -0.15) is 0 Å². The summed E-state index contributed by atoms with van der Waals surface area (Å²) in [5.41, 5.74) is 2.27. The molecule has 2 rings (SSSR count). The molecule has 1 aliphatic heterocycles. The zero-order chi connectivity index (χ0) is 20.7. The monoisotopic (exact) mass is 390 g/mol. The fourth-order valence-corrected chi connectivity index (χ4v) is 3.49. The van der Waals surface area contributed by atoms with E-state index in [1.54, 1.807) is 13.8 Å². The normalized spacial score (nSPS) is 18.5. The Hall–Kier alpha value is -2.41. The zero-order valence-corrected chi connectivity index (χ0v) is 16.8. The Labute approximate surface area is 166 Å². The van der Waals surface area contributed by atoms with Crippen molar-refractivity contribution in [3.8, 4) is 0 Å². The van der Waals surface area contributed by atoms with Gasteiger partial charge in [-0.15, -0.1) is 0 Å². The first kappa shape index (κ1) is 21.9. The van der Waals surface area contributed by atoms with Crippen molar-refractivity contribution >= 4 is 17.8 Å². The minimum absolute atomic E-state index is 0.261. The molecular weight excluding hydrogens is 360 g/mol. The quantitative estimate of drug-likeness (QED) is 0.626. The molecule has 1 aromatic rings. The van der Waals surface area contributed by atoms with Crippen LogP contribution < -0.4 is 5.32 Å². The van der Waals surface area contributed by atoms with E-state index in [0.717, 1.165) is 5.56 Å². The number of hydrogen-bond donors (Lipinski definition) is 2. The Balaban J connectivity index is 2.02. The van der Waals surface area contributed by atoms with Crippen LogP contribution in [0.5, 0.6) is 0 Å². The van der Waals surface area contributed by atoms with E-state index in [0.29, 0.717) is 32.2 Å². The Morgan fingerprint density at radius 2 is 1.96 bits per heavy atom. The Morgan fingerprint density at radius 3 is 2.57 bits per heavy atom. The molecule has 0 radical (unpaired) electrons. The van der Waals surface area contributed by atoms with Gasteiger partial charge in [0.05, 0.1) is 12.6 Å². The van der Waals surface area contributed by atoms with Crippen LogP contribution in [0.2, 0.25) is 0 Å². The predicted molar refractivity (Wildman–Crippen MR) is 105 cm³/mol. The number of carbonyl (C=O) groups excluding carboxylic acids is 2. The molecule has 3 unspecified atom stereocenters. The molecule has 0 saturated carbocycles. The van der Waals surface area contributed by atoms with Gasteiger partial charge in [0.2, 0.25) is 5.91 Å². The molecule has 7 heteroatoms. The van der Waals surface area contributed by atoms with Crippen molar-refractivity contribution in [3.05, 3.63) is 35.4 Å². The molecule has 0 aromatic heterocycles. The Kier molecular flexibility index (Phi) is 7.99. The molecule has 2 N–H and O–H groups in total. The van der Waals surface area contributed by atoms with Gasteiger partial charge < -0.3 is 14.7 Å². The van der Waals surface area contributed by atoms with Crippen molar-refractivity contribution in [3.63, 3.8) is 0 Å². The summed E-state index contributed by atoms with van der Waals surface area (Å²) in [5, 5.41) is 12.4. The number of nitrogens with one attached hydrogen (secondary N) is 1. The number of hydrogen-bond acceptors (Lipinski definition) is 5. The lowest BCUT2D eigenvalue weighted by Gasteiger charge is -2.27. The van der Waals surface area contributed by atoms with Crippen molar-refractivity contribution in [2.45, 2.75) is 64.6 Å². The summed E-state index contributed by atoms with van der Waals surface area (Å²) in [6, 6.07) is 5.99. The van der Waals surface area contributed by atoms with Crippen molar-refractivity contribution in [1.82, 2.24) is 10.2 Å². The second kappa shape index (κ2) is 10.2. The van der Waals surface area contributed by atoms with Crippen LogP contribution in [0.15, 0.2) is 24.3 Å². The van der Waals surface area contributed by atoms with E-state index in [4.69, 9.17) is 4.74 Å². The fraction of sp³-hybridized carbons (Fsp3) is 0.571. The topological polar surface area (TPSA) is 95.9 Å². The summed E-state index contributed by atoms with van der Waals surface area (Å²) < 4.78 is 5.16. The van der Waals surface area contributed by atoms with Crippen LogP contribution >= 0.6 is 0 Å². The Morgan fingerprint density at radius 1 is 1.29 bits per heavy atom. The van der Waals surface area contributed by atoms with E-state index in [-0.39, 0.29) is 12.5 Å². The van der Waals surface area contributed by atoms with E-state index < -0.39 is 30.1 Å². The standard InChI is InChI=1S/C21H30N2O5/c1-4-28-21(27)17(12-11-16-9-7-14(2)8-10-16)22-15(3)19(24)23-13-5-6-18(23)20(25)26/h7-10,15,17-18,22H,4-6,11-13H2,1-3H3,(H,25,26). The van der Waals surface area contributed by atoms with E-state index >= 15 is 0 Å². The minimum atomic E-state index is -0.987. The highest BCUT2D eigenvalue weighted by molar-refractivity contribution is 5.88. The number of esters is 1. The number of carbonyl (C=O) groups is 3. The van der Waals surface area contributed by atoms with Gasteiger partial charge in [-0.05, 0) is 52.0 Å². The molecule has 1 fully saturated rings. The molecule has 1 aliphatic rings. The van der Waals surface area contributed by atoms with Crippen molar-refractivity contribution in [2.24, 2.45) is 0 Å². The van der Waals surface area contributed by atoms with Crippen molar-refractivity contribution in [1.29, 1.82) is 0 Å². The van der Waals surface area contributed by atoms with Crippen molar-refractivity contribution in [2.75, 3.05) is 13.2 Å². The lowest BCUT2D eigenvalue weighted by molar-refractivity contribution is -0.150. The molecule has 1 aromatic carbocycles. The molecule has 0 bridgehead atoms. The van der Waals surface area contributed by atoms with Crippen LogP contribution in [0.1, 0.15) is 44.2 Å². The lowest BCUT2D eigenvalue weighted by Crippen LogP contribution is -2.53. The van der Waals surface area contributed by atoms with E-state index in [2.05, 4.69) is 5.32 Å². The minimum Gasteiger partial charge on any atom is -0.480 e. The number of ether oxygens (including phenoxy) is 1. The number of aryl methyl sites for hydroxylation is 2. The van der Waals surface area contributed by atoms with Crippen LogP contribution in [0.25, 0.3) is 0 Å². The zero-order valence-electron chi connectivity index (χ0n) is 16.8. The van der Waals surface area contributed by atoms with E-state index in [1.165, 1.54) is 10.5 Å². The smallest absolute Gasteiger partial charge is 0.326 e. The van der Waals surface area contributed by atoms with Gasteiger partial charge in [0.25, 0.3) is 0 Å². The highest BCUT2D eigenvalue weighted by Gasteiger charge is 2.36. The van der Waals surface area contributed by atoms with Gasteiger partial charge in [0, 0.05) is 6.54 Å². The SMILES string of the molecule is CCOC(=O)C(CCc1ccc(C)cc1)NC(C)C(=O)N1CCCC1C(=O)O. The molecular formula is C21H30N2O5. The summed E-state index contributed by atoms with van der Waals surface area (Å²) in [7, 11) is 0. The molecule has 28 heavy (non-hydrogen) atoms. The number of carboxylic acids is 1. The third kappa shape index (κ3) is 5.79. The number of nitrogens with zero attached hydrogens (tertiary/aromatic N) is 1. The van der Waals surface area contributed by atoms with Crippen LogP contribution in [-0.4, -0.2) is 59.1 Å². The third-order valence-electron chi connectivity index (χ3n) is 5.06. The first-order chi connectivity index (χ1) is 13.3. The first-order valence-electron chi connectivity index (χ1n) is 9.85. The summed E-state index contributed by atoms with van der Waals surface area (Å²) in [5.74, 6) is -1.68. The van der Waals surface area contributed by atoms with Crippen LogP contribution in [0.3, 0.4) is 0 Å². The first-order valence-corrected chi connectivity index (χ1v) is 9.85. The summed E-state index contributed by atoms with van der Waals surface area (Å²) in [6.45, 7) is 6.11. The molecule has 1 amide bonds. The highest BCUT2D eigenvalue weighted by Crippen LogP contribution is 2.19. The molecule has 0 aliphatic carbocycles. The van der Waals surface area contributed by atoms with Crippen molar-refractivity contribution < 1.29 is 24.2 Å². The second-order valence-corrected chi connectivity index (χ2v) is 7.25. The van der Waals surface area contributed by atoms with E-state index in [9.17, 15) is 19.5 Å². The third-order valence-corrected chi connectivity index (χ3v) is 5.06. The predicted octanol–water partition coefficient (Wildman–Crippen LogP) is 1.91. The van der Waals surface area contributed by atoms with Gasteiger partial charge >= 0.3 is 11.9 Å². The maximum absolute atomic E-state index is 12.7. The number of amides is 1. The number of aliphatic carboxylic acids is 1.